The van der Waals surface area contributed by atoms with Crippen LogP contribution >= 0.6 is 0 Å². The van der Waals surface area contributed by atoms with Crippen molar-refractivity contribution in [1.82, 2.24) is 0 Å². The van der Waals surface area contributed by atoms with E-state index in [9.17, 15) is 0 Å². The lowest BCUT2D eigenvalue weighted by Crippen LogP contribution is -1.84. The zero-order valence-corrected chi connectivity index (χ0v) is 16.1. The molecule has 0 N–H and O–H groups in total. The Morgan fingerprint density at radius 2 is 0.696 bits per heavy atom. The summed E-state index contributed by atoms with van der Waals surface area (Å²) in [4.78, 5) is 3.40. The van der Waals surface area contributed by atoms with Crippen LogP contribution in [0.25, 0.3) is 4.85 Å². The summed E-state index contributed by atoms with van der Waals surface area (Å²) < 4.78 is 0. The van der Waals surface area contributed by atoms with Gasteiger partial charge in [-0.2, -0.15) is 0 Å². The summed E-state index contributed by atoms with van der Waals surface area (Å²) in [6, 6.07) is 0. The summed E-state index contributed by atoms with van der Waals surface area (Å²) >= 11 is 0. The van der Waals surface area contributed by atoms with Gasteiger partial charge in [-0.25, -0.2) is 6.57 Å². The Kier molecular flexibility index (Phi) is 21.0. The molecule has 0 heterocycles. The summed E-state index contributed by atoms with van der Waals surface area (Å²) in [6.07, 6.45) is 26.8. The zero-order valence-electron chi connectivity index (χ0n) is 16.1. The molecular weight excluding hydrogens is 278 g/mol. The first-order chi connectivity index (χ1) is 11.4. The van der Waals surface area contributed by atoms with Crippen LogP contribution in [0.4, 0.5) is 0 Å². The number of unbranched alkanes of at least 4 members (excludes halogenated alkanes) is 18. The highest BCUT2D eigenvalue weighted by atomic mass is 14.6. The Hall–Kier alpha value is -0.510. The maximum Gasteiger partial charge on any atom is 0.214 e. The van der Waals surface area contributed by atoms with Crippen molar-refractivity contribution in [2.24, 2.45) is 0 Å². The summed E-state index contributed by atoms with van der Waals surface area (Å²) in [5.74, 6) is 0. The van der Waals surface area contributed by atoms with Crippen molar-refractivity contribution in [3.63, 3.8) is 0 Å². The van der Waals surface area contributed by atoms with E-state index in [-0.39, 0.29) is 0 Å². The largest absolute Gasteiger partial charge is 0.317 e. The third-order valence-corrected chi connectivity index (χ3v) is 4.87. The highest BCUT2D eigenvalue weighted by molar-refractivity contribution is 4.58. The third-order valence-electron chi connectivity index (χ3n) is 4.87. The van der Waals surface area contributed by atoms with Gasteiger partial charge in [-0.05, 0) is 6.42 Å². The molecule has 1 heteroatoms. The molecule has 1 nitrogen and oxygen atoms in total. The molecule has 0 fully saturated rings. The molecule has 0 aromatic rings. The van der Waals surface area contributed by atoms with Crippen molar-refractivity contribution in [3.8, 4) is 0 Å². The first-order valence-corrected chi connectivity index (χ1v) is 10.7. The standard InChI is InChI=1S/C22H43N/c1-3-4-5-6-7-8-9-10-11-12-13-14-15-16-17-18-19-20-21-22-23-2/h3-22H2,1H3. The minimum absolute atomic E-state index is 0.735. The van der Waals surface area contributed by atoms with E-state index in [1.807, 2.05) is 0 Å². The molecule has 0 aliphatic rings. The minimum Gasteiger partial charge on any atom is -0.317 e. The van der Waals surface area contributed by atoms with E-state index >= 15 is 0 Å². The summed E-state index contributed by atoms with van der Waals surface area (Å²) in [5, 5.41) is 0. The van der Waals surface area contributed by atoms with Gasteiger partial charge >= 0.3 is 0 Å². The van der Waals surface area contributed by atoms with Gasteiger partial charge in [-0.3, -0.25) is 0 Å². The van der Waals surface area contributed by atoms with Crippen LogP contribution in [0.3, 0.4) is 0 Å². The Morgan fingerprint density at radius 1 is 0.435 bits per heavy atom. The van der Waals surface area contributed by atoms with Gasteiger partial charge in [0.25, 0.3) is 0 Å². The Bertz CT molecular complexity index is 241. The average Bonchev–Trinajstić information content (AvgIpc) is 2.57. The van der Waals surface area contributed by atoms with Gasteiger partial charge in [0, 0.05) is 6.42 Å². The first kappa shape index (κ1) is 22.5. The predicted molar refractivity (Wildman–Crippen MR) is 105 cm³/mol. The van der Waals surface area contributed by atoms with E-state index in [1.165, 1.54) is 116 Å². The van der Waals surface area contributed by atoms with E-state index in [1.54, 1.807) is 0 Å². The van der Waals surface area contributed by atoms with Gasteiger partial charge in [-0.1, -0.05) is 116 Å². The fraction of sp³-hybridized carbons (Fsp3) is 0.955. The Balaban J connectivity index is 2.94. The Morgan fingerprint density at radius 3 is 0.957 bits per heavy atom. The van der Waals surface area contributed by atoms with Crippen LogP contribution in [0, 0.1) is 6.57 Å². The fourth-order valence-corrected chi connectivity index (χ4v) is 3.27. The number of rotatable bonds is 19. The number of nitrogens with zero attached hydrogens (tertiary/aromatic N) is 1. The van der Waals surface area contributed by atoms with Gasteiger partial charge in [0.2, 0.25) is 6.54 Å². The van der Waals surface area contributed by atoms with Gasteiger partial charge in [0.05, 0.1) is 0 Å². The third kappa shape index (κ3) is 21.5. The highest BCUT2D eigenvalue weighted by Crippen LogP contribution is 2.14. The highest BCUT2D eigenvalue weighted by Gasteiger charge is 1.95. The van der Waals surface area contributed by atoms with Crippen molar-refractivity contribution in [2.45, 2.75) is 129 Å². The van der Waals surface area contributed by atoms with Crippen LogP contribution in [0.5, 0.6) is 0 Å². The molecule has 0 saturated carbocycles. The van der Waals surface area contributed by atoms with Crippen LogP contribution < -0.4 is 0 Å². The molecule has 0 aliphatic carbocycles. The molecule has 0 radical (unpaired) electrons. The SMILES string of the molecule is [C-]#[N+]CCCCCCCCCCCCCCCCCCCCC. The monoisotopic (exact) mass is 321 g/mol. The predicted octanol–water partition coefficient (Wildman–Crippen LogP) is 8.34. The first-order valence-electron chi connectivity index (χ1n) is 10.7. The van der Waals surface area contributed by atoms with E-state index in [0.717, 1.165) is 13.0 Å². The molecule has 0 aromatic heterocycles. The van der Waals surface area contributed by atoms with Crippen molar-refractivity contribution >= 4 is 0 Å². The van der Waals surface area contributed by atoms with Gasteiger partial charge in [0.15, 0.2) is 0 Å². The molecule has 0 aliphatic heterocycles. The maximum atomic E-state index is 6.73. The zero-order chi connectivity index (χ0) is 16.8. The van der Waals surface area contributed by atoms with Crippen molar-refractivity contribution in [2.75, 3.05) is 6.54 Å². The van der Waals surface area contributed by atoms with Crippen LogP contribution in [-0.4, -0.2) is 6.54 Å². The topological polar surface area (TPSA) is 4.36 Å². The molecule has 0 atom stereocenters. The molecule has 0 bridgehead atoms. The Labute approximate surface area is 147 Å². The number of hydrogen-bond donors (Lipinski definition) is 0. The van der Waals surface area contributed by atoms with Gasteiger partial charge in [0.1, 0.15) is 0 Å². The van der Waals surface area contributed by atoms with E-state index in [0.29, 0.717) is 0 Å². The molecule has 0 saturated heterocycles. The lowest BCUT2D eigenvalue weighted by molar-refractivity contribution is 0.524. The second-order valence-electron chi connectivity index (χ2n) is 7.25. The maximum absolute atomic E-state index is 6.73. The molecule has 0 spiro atoms. The lowest BCUT2D eigenvalue weighted by Gasteiger charge is -2.03. The van der Waals surface area contributed by atoms with E-state index in [2.05, 4.69) is 11.8 Å². The van der Waals surface area contributed by atoms with Gasteiger partial charge in [-0.15, -0.1) is 0 Å². The molecule has 0 amide bonds. The molecule has 23 heavy (non-hydrogen) atoms. The minimum atomic E-state index is 0.735. The quantitative estimate of drug-likeness (QED) is 0.166. The average molecular weight is 322 g/mol. The van der Waals surface area contributed by atoms with Crippen LogP contribution in [0.1, 0.15) is 129 Å². The molecular formula is C22H43N. The summed E-state index contributed by atoms with van der Waals surface area (Å²) in [7, 11) is 0. The molecule has 0 unspecified atom stereocenters. The van der Waals surface area contributed by atoms with Crippen molar-refractivity contribution in [3.05, 3.63) is 11.4 Å². The van der Waals surface area contributed by atoms with E-state index < -0.39 is 0 Å². The van der Waals surface area contributed by atoms with Crippen LogP contribution in [-0.2, 0) is 0 Å². The second-order valence-corrected chi connectivity index (χ2v) is 7.25. The molecule has 0 aromatic carbocycles. The normalized spacial score (nSPS) is 10.8. The van der Waals surface area contributed by atoms with E-state index in [4.69, 9.17) is 6.57 Å². The van der Waals surface area contributed by atoms with Crippen molar-refractivity contribution in [1.29, 1.82) is 0 Å². The molecule has 136 valence electrons. The van der Waals surface area contributed by atoms with Crippen LogP contribution in [0.2, 0.25) is 0 Å². The smallest absolute Gasteiger partial charge is 0.214 e. The number of hydrogen-bond acceptors (Lipinski definition) is 0. The summed E-state index contributed by atoms with van der Waals surface area (Å²) in [5.41, 5.74) is 0. The molecule has 0 rings (SSSR count). The van der Waals surface area contributed by atoms with Crippen LogP contribution in [0.15, 0.2) is 0 Å². The summed E-state index contributed by atoms with van der Waals surface area (Å²) in [6.45, 7) is 9.76. The lowest BCUT2D eigenvalue weighted by atomic mass is 10.0. The van der Waals surface area contributed by atoms with Gasteiger partial charge < -0.3 is 4.85 Å². The second kappa shape index (κ2) is 21.5. The van der Waals surface area contributed by atoms with Crippen molar-refractivity contribution < 1.29 is 0 Å². The fourth-order valence-electron chi connectivity index (χ4n) is 3.27.